The first-order valence-corrected chi connectivity index (χ1v) is 23.4. The smallest absolute Gasteiger partial charge is 0.308 e. The predicted octanol–water partition coefficient (Wildman–Crippen LogP) is 8.59. The molecule has 5 rings (SSSR count). The van der Waals surface area contributed by atoms with Crippen molar-refractivity contribution in [2.45, 2.75) is 111 Å². The van der Waals surface area contributed by atoms with Crippen LogP contribution in [0.3, 0.4) is 0 Å². The van der Waals surface area contributed by atoms with E-state index in [0.29, 0.717) is 40.2 Å². The van der Waals surface area contributed by atoms with Gasteiger partial charge in [-0.05, 0) is 101 Å². The van der Waals surface area contributed by atoms with Crippen molar-refractivity contribution in [3.05, 3.63) is 94.2 Å². The lowest BCUT2D eigenvalue weighted by atomic mass is 9.97. The summed E-state index contributed by atoms with van der Waals surface area (Å²) in [6, 6.07) is 10.9. The Bertz CT molecular complexity index is 2560. The van der Waals surface area contributed by atoms with Crippen LogP contribution in [0, 0.1) is 11.6 Å². The molecule has 1 aliphatic rings. The lowest BCUT2D eigenvalue weighted by Gasteiger charge is -2.39. The normalized spacial score (nSPS) is 17.3. The maximum atomic E-state index is 14.2. The van der Waals surface area contributed by atoms with E-state index in [9.17, 15) is 30.4 Å². The zero-order valence-electron chi connectivity index (χ0n) is 36.7. The van der Waals surface area contributed by atoms with E-state index in [2.05, 4.69) is 14.7 Å². The fourth-order valence-corrected chi connectivity index (χ4v) is 7.92. The van der Waals surface area contributed by atoms with Crippen LogP contribution in [0.4, 0.5) is 20.7 Å². The Morgan fingerprint density at radius 1 is 0.855 bits per heavy atom. The van der Waals surface area contributed by atoms with Crippen molar-refractivity contribution >= 4 is 50.1 Å². The lowest BCUT2D eigenvalue weighted by Crippen LogP contribution is -2.45. The molecule has 2 aromatic heterocycles. The SMILES string of the molecule is CC(C)c1nc(NS(C)(=O)=O)nc(-c2ccc(F)cc2)c1/C=C/S(=O)(=O)N(C)c1nc(-c2ccc(F)cc2)c(/C=C/[C@@H]2C[C@H](CC(=O)OC(C)(C)C)OC(C)(C)O2)c(C(C)C)n1. The molecule has 18 heteroatoms. The van der Waals surface area contributed by atoms with E-state index >= 15 is 0 Å². The Kier molecular flexibility index (Phi) is 14.4. The Hall–Kier alpha value is -5.17. The number of nitrogens with zero attached hydrogens (tertiary/aromatic N) is 5. The van der Waals surface area contributed by atoms with E-state index < -0.39 is 61.2 Å². The van der Waals surface area contributed by atoms with E-state index in [-0.39, 0.29) is 41.4 Å². The number of esters is 1. The minimum absolute atomic E-state index is 0.0184. The van der Waals surface area contributed by atoms with Crippen LogP contribution in [0.15, 0.2) is 60.0 Å². The van der Waals surface area contributed by atoms with Gasteiger partial charge in [0.25, 0.3) is 10.0 Å². The standard InChI is InChI=1S/C44H54F2N6O8S2/c1-26(2)37-35(39(28-12-16-30(45)17-13-28)48-41(47-37)51-61(11,54)55)22-23-62(56,57)52(10)42-49-38(27(3)4)34(40(50-42)29-14-18-31(46)19-15-29)21-20-32-24-33(59-44(8,9)58-32)25-36(53)60-43(5,6)7/h12-23,26-27,32-33H,24-25H2,1-11H3,(H,47,48,51)/b21-20+,23-22+/t32-,33-/m1/s1. The Morgan fingerprint density at radius 3 is 1.89 bits per heavy atom. The highest BCUT2D eigenvalue weighted by molar-refractivity contribution is 7.95. The lowest BCUT2D eigenvalue weighted by molar-refractivity contribution is -0.290. The number of nitrogens with one attached hydrogen (secondary N) is 1. The molecule has 62 heavy (non-hydrogen) atoms. The maximum Gasteiger partial charge on any atom is 0.308 e. The second-order valence-electron chi connectivity index (χ2n) is 17.1. The van der Waals surface area contributed by atoms with Gasteiger partial charge < -0.3 is 14.2 Å². The van der Waals surface area contributed by atoms with Crippen molar-refractivity contribution < 1.29 is 44.6 Å². The highest BCUT2D eigenvalue weighted by Gasteiger charge is 2.36. The molecule has 0 bridgehead atoms. The third kappa shape index (κ3) is 12.7. The number of anilines is 2. The van der Waals surface area contributed by atoms with Crippen molar-refractivity contribution in [3.63, 3.8) is 0 Å². The molecule has 0 unspecified atom stereocenters. The fourth-order valence-electron chi connectivity index (χ4n) is 6.70. The Balaban J connectivity index is 1.58. The number of rotatable bonds is 14. The minimum Gasteiger partial charge on any atom is -0.460 e. The van der Waals surface area contributed by atoms with Crippen LogP contribution in [0.1, 0.15) is 110 Å². The summed E-state index contributed by atoms with van der Waals surface area (Å²) in [5.41, 5.74) is 2.28. The molecule has 0 aliphatic carbocycles. The summed E-state index contributed by atoms with van der Waals surface area (Å²) >= 11 is 0. The molecule has 14 nitrogen and oxygen atoms in total. The number of aromatic nitrogens is 4. The van der Waals surface area contributed by atoms with Gasteiger partial charge in [0, 0.05) is 35.7 Å². The van der Waals surface area contributed by atoms with Gasteiger partial charge in [0.2, 0.25) is 21.9 Å². The number of carbonyl (C=O) groups is 1. The van der Waals surface area contributed by atoms with Gasteiger partial charge in [-0.15, -0.1) is 0 Å². The predicted molar refractivity (Wildman–Crippen MR) is 236 cm³/mol. The molecule has 0 spiro atoms. The van der Waals surface area contributed by atoms with Crippen molar-refractivity contribution in [2.24, 2.45) is 0 Å². The largest absolute Gasteiger partial charge is 0.460 e. The van der Waals surface area contributed by atoms with Crippen LogP contribution < -0.4 is 9.03 Å². The summed E-state index contributed by atoms with van der Waals surface area (Å²) in [7, 11) is -6.88. The van der Waals surface area contributed by atoms with Crippen LogP contribution in [0.25, 0.3) is 34.7 Å². The molecule has 0 amide bonds. The summed E-state index contributed by atoms with van der Waals surface area (Å²) in [4.78, 5) is 31.1. The summed E-state index contributed by atoms with van der Waals surface area (Å²) in [5, 5.41) is 0.940. The number of sulfonamides is 2. The number of halogens is 2. The van der Waals surface area contributed by atoms with Crippen molar-refractivity contribution in [1.82, 2.24) is 19.9 Å². The van der Waals surface area contributed by atoms with Crippen molar-refractivity contribution in [3.8, 4) is 22.5 Å². The number of ether oxygens (including phenoxy) is 3. The van der Waals surface area contributed by atoms with Gasteiger partial charge in [0.1, 0.15) is 17.2 Å². The number of carbonyl (C=O) groups excluding carboxylic acids is 1. The summed E-state index contributed by atoms with van der Waals surface area (Å²) in [5.74, 6) is -3.47. The molecule has 0 radical (unpaired) electrons. The molecule has 3 heterocycles. The van der Waals surface area contributed by atoms with Gasteiger partial charge in [0.15, 0.2) is 5.79 Å². The first-order chi connectivity index (χ1) is 28.7. The zero-order chi connectivity index (χ0) is 45.9. The van der Waals surface area contributed by atoms with Gasteiger partial charge in [-0.1, -0.05) is 39.8 Å². The third-order valence-corrected chi connectivity index (χ3v) is 11.2. The first kappa shape index (κ1) is 47.9. The average molecular weight is 897 g/mol. The summed E-state index contributed by atoms with van der Waals surface area (Å²) in [6.45, 7) is 16.3. The first-order valence-electron chi connectivity index (χ1n) is 20.0. The third-order valence-electron chi connectivity index (χ3n) is 9.29. The van der Waals surface area contributed by atoms with E-state index in [4.69, 9.17) is 24.2 Å². The van der Waals surface area contributed by atoms with E-state index in [1.807, 2.05) is 19.9 Å². The monoisotopic (exact) mass is 896 g/mol. The highest BCUT2D eigenvalue weighted by atomic mass is 32.2. The van der Waals surface area contributed by atoms with E-state index in [0.717, 1.165) is 16.0 Å². The Labute approximate surface area is 363 Å². The molecule has 1 aliphatic heterocycles. The molecule has 1 saturated heterocycles. The molecular weight excluding hydrogens is 843 g/mol. The van der Waals surface area contributed by atoms with Gasteiger partial charge >= 0.3 is 5.97 Å². The van der Waals surface area contributed by atoms with Crippen molar-refractivity contribution in [1.29, 1.82) is 0 Å². The summed E-state index contributed by atoms with van der Waals surface area (Å²) in [6.07, 6.45) is 5.18. The van der Waals surface area contributed by atoms with E-state index in [1.165, 1.54) is 61.7 Å². The molecule has 1 N–H and O–H groups in total. The van der Waals surface area contributed by atoms with Crippen LogP contribution in [0.2, 0.25) is 0 Å². The van der Waals surface area contributed by atoms with Crippen LogP contribution in [-0.2, 0) is 39.1 Å². The van der Waals surface area contributed by atoms with Crippen molar-refractivity contribution in [2.75, 3.05) is 22.3 Å². The van der Waals surface area contributed by atoms with Crippen LogP contribution in [-0.4, -0.2) is 79.6 Å². The minimum atomic E-state index is -4.38. The molecule has 2 atom stereocenters. The molecule has 2 aromatic carbocycles. The highest BCUT2D eigenvalue weighted by Crippen LogP contribution is 2.35. The molecular formula is C44H54F2N6O8S2. The maximum absolute atomic E-state index is 14.2. The quantitative estimate of drug-likeness (QED) is 0.119. The molecule has 1 fully saturated rings. The second-order valence-corrected chi connectivity index (χ2v) is 20.7. The second kappa shape index (κ2) is 18.7. The van der Waals surface area contributed by atoms with E-state index in [1.54, 1.807) is 54.5 Å². The number of hydrogen-bond acceptors (Lipinski definition) is 12. The average Bonchev–Trinajstić information content (AvgIpc) is 3.14. The molecule has 334 valence electrons. The van der Waals surface area contributed by atoms with Gasteiger partial charge in [0.05, 0.1) is 53.1 Å². The summed E-state index contributed by atoms with van der Waals surface area (Å²) < 4.78 is 102. The van der Waals surface area contributed by atoms with Crippen LogP contribution in [0.5, 0.6) is 0 Å². The van der Waals surface area contributed by atoms with Gasteiger partial charge in [-0.3, -0.25) is 9.52 Å². The number of hydrogen-bond donors (Lipinski definition) is 1. The molecule has 4 aromatic rings. The fraction of sp³-hybridized carbons (Fsp3) is 0.432. The van der Waals surface area contributed by atoms with Gasteiger partial charge in [-0.25, -0.2) is 49.9 Å². The van der Waals surface area contributed by atoms with Crippen LogP contribution >= 0.6 is 0 Å². The molecule has 0 saturated carbocycles. The van der Waals surface area contributed by atoms with Gasteiger partial charge in [-0.2, -0.15) is 0 Å². The Morgan fingerprint density at radius 2 is 1.37 bits per heavy atom. The zero-order valence-corrected chi connectivity index (χ0v) is 38.4. The topological polar surface area (TPSA) is 180 Å². The number of benzene rings is 2.